The Morgan fingerprint density at radius 2 is 0.956 bits per heavy atom. The van der Waals surface area contributed by atoms with Crippen LogP contribution >= 0.6 is 0 Å². The maximum atomic E-state index is 13.0. The predicted octanol–water partition coefficient (Wildman–Crippen LogP) is 7.27. The first kappa shape index (κ1) is 61.3. The van der Waals surface area contributed by atoms with Crippen LogP contribution in [0, 0.1) is 0 Å². The SMILES string of the molecule is C=CCCCCCCCCCCCCCCCC(=O)OC[C@H](CO[C@H]1O[C@@H](CO[C@H]2O[C@@H](CO)[C@@H](O)C(O)C2O)[C@@H](O)C(O)C1O)OC(=O)CCCCC/C=C/C/C=C/C/C=C/C/C=C/CCC. The third-order valence-electron chi connectivity index (χ3n) is 12.1. The Hall–Kier alpha value is -2.80. The number of esters is 2. The Morgan fingerprint density at radius 1 is 0.515 bits per heavy atom. The van der Waals surface area contributed by atoms with Gasteiger partial charge in [0, 0.05) is 12.8 Å². The first-order chi connectivity index (χ1) is 33.0. The van der Waals surface area contributed by atoms with Crippen molar-refractivity contribution in [3.63, 3.8) is 0 Å². The molecule has 2 heterocycles. The molecule has 7 N–H and O–H groups in total. The molecule has 11 atom stereocenters. The summed E-state index contributed by atoms with van der Waals surface area (Å²) in [6.45, 7) is 4.01. The third-order valence-corrected chi connectivity index (χ3v) is 12.1. The number of carbonyl (C=O) groups is 2. The van der Waals surface area contributed by atoms with Gasteiger partial charge in [-0.1, -0.05) is 145 Å². The van der Waals surface area contributed by atoms with Crippen molar-refractivity contribution in [1.29, 1.82) is 0 Å². The molecule has 2 fully saturated rings. The number of allylic oxidation sites excluding steroid dienone is 9. The lowest BCUT2D eigenvalue weighted by atomic mass is 9.98. The maximum absolute atomic E-state index is 13.0. The summed E-state index contributed by atoms with van der Waals surface area (Å²) in [5.41, 5.74) is 0. The quantitative estimate of drug-likeness (QED) is 0.0182. The van der Waals surface area contributed by atoms with Gasteiger partial charge >= 0.3 is 11.9 Å². The number of aliphatic hydroxyl groups is 7. The van der Waals surface area contributed by atoms with E-state index in [1.807, 2.05) is 6.08 Å². The highest BCUT2D eigenvalue weighted by atomic mass is 16.7. The minimum Gasteiger partial charge on any atom is -0.462 e. The van der Waals surface area contributed by atoms with E-state index in [-0.39, 0.29) is 19.4 Å². The van der Waals surface area contributed by atoms with Crippen molar-refractivity contribution in [3.05, 3.63) is 61.3 Å². The molecule has 2 aliphatic rings. The molecule has 0 radical (unpaired) electrons. The zero-order valence-electron chi connectivity index (χ0n) is 41.2. The molecule has 2 rings (SSSR count). The third kappa shape index (κ3) is 27.6. The van der Waals surface area contributed by atoms with Gasteiger partial charge in [-0.3, -0.25) is 9.59 Å². The Labute approximate surface area is 407 Å². The maximum Gasteiger partial charge on any atom is 0.306 e. The highest BCUT2D eigenvalue weighted by molar-refractivity contribution is 5.70. The summed E-state index contributed by atoms with van der Waals surface area (Å²) in [6, 6.07) is 0. The lowest BCUT2D eigenvalue weighted by Gasteiger charge is -2.42. The van der Waals surface area contributed by atoms with E-state index in [2.05, 4.69) is 62.1 Å². The van der Waals surface area contributed by atoms with Crippen LogP contribution in [0.3, 0.4) is 0 Å². The minimum atomic E-state index is -1.77. The molecule has 392 valence electrons. The molecule has 15 nitrogen and oxygen atoms in total. The van der Waals surface area contributed by atoms with Crippen molar-refractivity contribution in [2.45, 2.75) is 235 Å². The van der Waals surface area contributed by atoms with Gasteiger partial charge in [-0.15, -0.1) is 6.58 Å². The van der Waals surface area contributed by atoms with Gasteiger partial charge in [0.1, 0.15) is 55.4 Å². The van der Waals surface area contributed by atoms with Gasteiger partial charge in [0.25, 0.3) is 0 Å². The number of ether oxygens (including phenoxy) is 6. The summed E-state index contributed by atoms with van der Waals surface area (Å²) in [4.78, 5) is 25.8. The van der Waals surface area contributed by atoms with Crippen LogP contribution in [0.1, 0.15) is 167 Å². The fourth-order valence-corrected chi connectivity index (χ4v) is 7.83. The van der Waals surface area contributed by atoms with Gasteiger partial charge in [0.05, 0.1) is 19.8 Å². The summed E-state index contributed by atoms with van der Waals surface area (Å²) in [6.07, 6.45) is 27.1. The first-order valence-corrected chi connectivity index (χ1v) is 25.8. The number of carbonyl (C=O) groups excluding carboxylic acids is 2. The molecular weight excluding hydrogens is 877 g/mol. The second kappa shape index (κ2) is 39.9. The van der Waals surface area contributed by atoms with Crippen LogP contribution in [0.4, 0.5) is 0 Å². The van der Waals surface area contributed by atoms with Gasteiger partial charge in [0.15, 0.2) is 18.7 Å². The minimum absolute atomic E-state index is 0.125. The van der Waals surface area contributed by atoms with E-state index in [0.717, 1.165) is 70.6 Å². The van der Waals surface area contributed by atoms with Gasteiger partial charge < -0.3 is 64.2 Å². The molecule has 0 aliphatic carbocycles. The molecule has 0 aromatic carbocycles. The van der Waals surface area contributed by atoms with E-state index in [1.165, 1.54) is 64.2 Å². The average molecular weight is 967 g/mol. The van der Waals surface area contributed by atoms with E-state index in [9.17, 15) is 45.3 Å². The highest BCUT2D eigenvalue weighted by Gasteiger charge is 2.47. The Morgan fingerprint density at radius 3 is 1.50 bits per heavy atom. The lowest BCUT2D eigenvalue weighted by molar-refractivity contribution is -0.332. The predicted molar refractivity (Wildman–Crippen MR) is 261 cm³/mol. The van der Waals surface area contributed by atoms with Gasteiger partial charge in [-0.2, -0.15) is 0 Å². The lowest BCUT2D eigenvalue weighted by Crippen LogP contribution is -2.61. The number of hydrogen-bond donors (Lipinski definition) is 7. The number of aliphatic hydroxyl groups excluding tert-OH is 7. The highest BCUT2D eigenvalue weighted by Crippen LogP contribution is 2.26. The molecule has 0 amide bonds. The second-order valence-electron chi connectivity index (χ2n) is 18.1. The zero-order valence-corrected chi connectivity index (χ0v) is 41.2. The van der Waals surface area contributed by atoms with Crippen molar-refractivity contribution in [2.24, 2.45) is 0 Å². The smallest absolute Gasteiger partial charge is 0.306 e. The Bertz CT molecular complexity index is 1400. The summed E-state index contributed by atoms with van der Waals surface area (Å²) in [5.74, 6) is -0.966. The Balaban J connectivity index is 1.82. The molecule has 15 heteroatoms. The van der Waals surface area contributed by atoms with Gasteiger partial charge in [0.2, 0.25) is 0 Å². The molecule has 0 spiro atoms. The van der Waals surface area contributed by atoms with E-state index in [1.54, 1.807) is 0 Å². The summed E-state index contributed by atoms with van der Waals surface area (Å²) in [7, 11) is 0. The van der Waals surface area contributed by atoms with Crippen LogP contribution in [0.5, 0.6) is 0 Å². The second-order valence-corrected chi connectivity index (χ2v) is 18.1. The average Bonchev–Trinajstić information content (AvgIpc) is 3.33. The van der Waals surface area contributed by atoms with Crippen LogP contribution in [0.15, 0.2) is 61.3 Å². The standard InChI is InChI=1S/C53H90O15/c1-3-5-7-9-11-13-15-17-19-20-22-24-26-28-30-32-34-36-45(56)66-41(38-63-44(55)35-33-31-29-27-25-23-21-18-16-14-12-10-8-6-4-2)39-64-52-51(62)49(60)47(58)43(68-52)40-65-53-50(61)48(59)46(57)42(37-54)67-53/h4,7,9,13,15,19-20,24,26,41-43,46-54,57-62H,2-3,5-6,8,10-12,14,16-18,21-23,25,27-40H2,1H3/b9-7+,15-13+,20-19+,26-24+/t41-,42+,43+,46-,47-,48?,49?,50?,51?,52+,53+/m1/s1. The molecule has 0 aromatic rings. The largest absolute Gasteiger partial charge is 0.462 e. The molecule has 4 unspecified atom stereocenters. The topological polar surface area (TPSA) is 231 Å². The molecule has 68 heavy (non-hydrogen) atoms. The van der Waals surface area contributed by atoms with Crippen molar-refractivity contribution in [2.75, 3.05) is 26.4 Å². The number of rotatable bonds is 40. The van der Waals surface area contributed by atoms with Crippen LogP contribution in [0.25, 0.3) is 0 Å². The van der Waals surface area contributed by atoms with Crippen molar-refractivity contribution in [3.8, 4) is 0 Å². The van der Waals surface area contributed by atoms with Crippen LogP contribution < -0.4 is 0 Å². The molecule has 2 aliphatic heterocycles. The first-order valence-electron chi connectivity index (χ1n) is 25.8. The van der Waals surface area contributed by atoms with Crippen molar-refractivity contribution >= 4 is 11.9 Å². The van der Waals surface area contributed by atoms with Gasteiger partial charge in [-0.05, 0) is 64.2 Å². The van der Waals surface area contributed by atoms with Crippen LogP contribution in [-0.2, 0) is 38.0 Å². The summed E-state index contributed by atoms with van der Waals surface area (Å²) < 4.78 is 33.5. The normalized spacial score (nSPS) is 26.1. The van der Waals surface area contributed by atoms with Crippen LogP contribution in [0.2, 0.25) is 0 Å². The van der Waals surface area contributed by atoms with Crippen molar-refractivity contribution < 1.29 is 73.8 Å². The van der Waals surface area contributed by atoms with Gasteiger partial charge in [-0.25, -0.2) is 0 Å². The molecule has 2 saturated heterocycles. The van der Waals surface area contributed by atoms with Crippen LogP contribution in [-0.4, -0.2) is 142 Å². The Kier molecular flexibility index (Phi) is 36.0. The van der Waals surface area contributed by atoms with E-state index in [0.29, 0.717) is 12.8 Å². The molecule has 0 aromatic heterocycles. The number of unbranched alkanes of at least 4 members (excludes halogenated alkanes) is 17. The monoisotopic (exact) mass is 967 g/mol. The fraction of sp³-hybridized carbons (Fsp3) is 0.774. The fourth-order valence-electron chi connectivity index (χ4n) is 7.83. The summed E-state index contributed by atoms with van der Waals surface area (Å²) >= 11 is 0. The summed E-state index contributed by atoms with van der Waals surface area (Å²) in [5, 5.41) is 72.1. The molecular formula is C53H90O15. The molecule has 0 bridgehead atoms. The van der Waals surface area contributed by atoms with Crippen molar-refractivity contribution in [1.82, 2.24) is 0 Å². The van der Waals surface area contributed by atoms with E-state index >= 15 is 0 Å². The van der Waals surface area contributed by atoms with E-state index in [4.69, 9.17) is 28.4 Å². The zero-order chi connectivity index (χ0) is 49.6. The molecule has 0 saturated carbocycles. The van der Waals surface area contributed by atoms with E-state index < -0.39 is 99.3 Å². The number of hydrogen-bond acceptors (Lipinski definition) is 15.